The van der Waals surface area contributed by atoms with E-state index in [0.29, 0.717) is 18.2 Å². The molecule has 102 valence electrons. The smallest absolute Gasteiger partial charge is 0.124 e. The summed E-state index contributed by atoms with van der Waals surface area (Å²) in [6, 6.07) is 7.06. The van der Waals surface area contributed by atoms with Gasteiger partial charge in [0.2, 0.25) is 0 Å². The molecule has 1 aliphatic rings. The van der Waals surface area contributed by atoms with Crippen LogP contribution in [0.3, 0.4) is 0 Å². The Labute approximate surface area is 114 Å². The number of hydrogen-bond acceptors (Lipinski definition) is 3. The van der Waals surface area contributed by atoms with Gasteiger partial charge in [0.25, 0.3) is 0 Å². The molecule has 1 aliphatic heterocycles. The first-order chi connectivity index (χ1) is 9.22. The highest BCUT2D eigenvalue weighted by atomic mass is 19.1. The molecule has 0 spiro atoms. The molecule has 0 amide bonds. The van der Waals surface area contributed by atoms with E-state index in [1.165, 1.54) is 31.5 Å². The molecule has 1 aromatic carbocycles. The zero-order chi connectivity index (χ0) is 13.7. The number of hydrogen-bond donors (Lipinski definition) is 1. The fourth-order valence-electron chi connectivity index (χ4n) is 2.74. The summed E-state index contributed by atoms with van der Waals surface area (Å²) in [7, 11) is 0. The second kappa shape index (κ2) is 6.65. The summed E-state index contributed by atoms with van der Waals surface area (Å²) in [5.41, 5.74) is 1.21. The Hall–Kier alpha value is -1.44. The topological polar surface area (TPSA) is 39.1 Å². The maximum Gasteiger partial charge on any atom is 0.124 e. The van der Waals surface area contributed by atoms with Gasteiger partial charge in [-0.3, -0.25) is 4.90 Å². The van der Waals surface area contributed by atoms with Crippen molar-refractivity contribution in [3.63, 3.8) is 0 Å². The molecule has 1 aromatic rings. The number of benzene rings is 1. The first-order valence-corrected chi connectivity index (χ1v) is 6.87. The Balaban J connectivity index is 1.86. The quantitative estimate of drug-likeness (QED) is 0.883. The van der Waals surface area contributed by atoms with Gasteiger partial charge in [-0.2, -0.15) is 5.26 Å². The standard InChI is InChI=1S/C15H20FN3/c1-2-19-5-3-4-15(19)11-18-10-13-6-12(9-17)7-14(16)8-13/h6-8,15,18H,2-5,10-11H2,1H3. The van der Waals surface area contributed by atoms with Crippen LogP contribution in [0.15, 0.2) is 18.2 Å². The van der Waals surface area contributed by atoms with Crippen molar-refractivity contribution >= 4 is 0 Å². The van der Waals surface area contributed by atoms with Crippen LogP contribution in [0, 0.1) is 17.1 Å². The lowest BCUT2D eigenvalue weighted by molar-refractivity contribution is 0.260. The molecule has 1 atom stereocenters. The number of nitriles is 1. The van der Waals surface area contributed by atoms with E-state index in [0.717, 1.165) is 18.7 Å². The maximum absolute atomic E-state index is 13.3. The zero-order valence-corrected chi connectivity index (χ0v) is 11.3. The first kappa shape index (κ1) is 14.0. The van der Waals surface area contributed by atoms with Gasteiger partial charge in [0.15, 0.2) is 0 Å². The van der Waals surface area contributed by atoms with E-state index >= 15 is 0 Å². The molecule has 1 unspecified atom stereocenters. The van der Waals surface area contributed by atoms with Crippen molar-refractivity contribution < 1.29 is 4.39 Å². The second-order valence-corrected chi connectivity index (χ2v) is 5.02. The molecule has 3 nitrogen and oxygen atoms in total. The molecule has 1 heterocycles. The molecular weight excluding hydrogens is 241 g/mol. The minimum absolute atomic E-state index is 0.341. The van der Waals surface area contributed by atoms with Crippen LogP contribution in [0.2, 0.25) is 0 Å². The van der Waals surface area contributed by atoms with E-state index in [-0.39, 0.29) is 5.82 Å². The highest BCUT2D eigenvalue weighted by Gasteiger charge is 2.21. The van der Waals surface area contributed by atoms with Crippen molar-refractivity contribution in [2.75, 3.05) is 19.6 Å². The summed E-state index contributed by atoms with van der Waals surface area (Å²) in [5, 5.41) is 12.2. The SMILES string of the molecule is CCN1CCCC1CNCc1cc(F)cc(C#N)c1. The van der Waals surface area contributed by atoms with Gasteiger partial charge in [-0.05, 0) is 49.7 Å². The Morgan fingerprint density at radius 1 is 1.47 bits per heavy atom. The molecule has 1 N–H and O–H groups in total. The van der Waals surface area contributed by atoms with Crippen molar-refractivity contribution in [3.05, 3.63) is 35.1 Å². The Morgan fingerprint density at radius 2 is 2.32 bits per heavy atom. The van der Waals surface area contributed by atoms with Crippen LogP contribution < -0.4 is 5.32 Å². The van der Waals surface area contributed by atoms with Gasteiger partial charge in [0.1, 0.15) is 5.82 Å². The Bertz CT molecular complexity index is 467. The van der Waals surface area contributed by atoms with E-state index in [2.05, 4.69) is 17.1 Å². The number of nitrogens with one attached hydrogen (secondary N) is 1. The fraction of sp³-hybridized carbons (Fsp3) is 0.533. The molecule has 0 bridgehead atoms. The highest BCUT2D eigenvalue weighted by Crippen LogP contribution is 2.16. The molecule has 2 rings (SSSR count). The van der Waals surface area contributed by atoms with E-state index in [9.17, 15) is 4.39 Å². The lowest BCUT2D eigenvalue weighted by Gasteiger charge is -2.23. The third-order valence-electron chi connectivity index (χ3n) is 3.70. The second-order valence-electron chi connectivity index (χ2n) is 5.02. The Morgan fingerprint density at radius 3 is 3.05 bits per heavy atom. The predicted octanol–water partition coefficient (Wildman–Crippen LogP) is 2.27. The van der Waals surface area contributed by atoms with E-state index in [1.54, 1.807) is 6.07 Å². The van der Waals surface area contributed by atoms with Crippen LogP contribution in [0.5, 0.6) is 0 Å². The number of likely N-dealkylation sites (N-methyl/N-ethyl adjacent to an activating group) is 1. The first-order valence-electron chi connectivity index (χ1n) is 6.87. The molecule has 1 fully saturated rings. The van der Waals surface area contributed by atoms with Crippen molar-refractivity contribution in [2.45, 2.75) is 32.4 Å². The summed E-state index contributed by atoms with van der Waals surface area (Å²) < 4.78 is 13.3. The predicted molar refractivity (Wildman–Crippen MR) is 73.1 cm³/mol. The van der Waals surface area contributed by atoms with Gasteiger partial charge in [-0.1, -0.05) is 6.92 Å². The van der Waals surface area contributed by atoms with Gasteiger partial charge in [-0.15, -0.1) is 0 Å². The monoisotopic (exact) mass is 261 g/mol. The van der Waals surface area contributed by atoms with Gasteiger partial charge in [-0.25, -0.2) is 4.39 Å². The zero-order valence-electron chi connectivity index (χ0n) is 11.3. The van der Waals surface area contributed by atoms with Gasteiger partial charge in [0.05, 0.1) is 11.6 Å². The molecule has 19 heavy (non-hydrogen) atoms. The fourth-order valence-corrected chi connectivity index (χ4v) is 2.74. The molecule has 0 saturated carbocycles. The molecule has 4 heteroatoms. The van der Waals surface area contributed by atoms with Crippen LogP contribution in [-0.4, -0.2) is 30.6 Å². The van der Waals surface area contributed by atoms with Crippen molar-refractivity contribution in [2.24, 2.45) is 0 Å². The van der Waals surface area contributed by atoms with Crippen LogP contribution in [0.1, 0.15) is 30.9 Å². The highest BCUT2D eigenvalue weighted by molar-refractivity contribution is 5.33. The number of halogens is 1. The normalized spacial score (nSPS) is 19.5. The number of nitrogens with zero attached hydrogens (tertiary/aromatic N) is 2. The van der Waals surface area contributed by atoms with Crippen LogP contribution in [0.25, 0.3) is 0 Å². The summed E-state index contributed by atoms with van der Waals surface area (Å²) in [6.07, 6.45) is 2.49. The third-order valence-corrected chi connectivity index (χ3v) is 3.70. The number of rotatable bonds is 5. The summed E-state index contributed by atoms with van der Waals surface area (Å²) in [6.45, 7) is 5.99. The van der Waals surface area contributed by atoms with Crippen molar-refractivity contribution in [3.8, 4) is 6.07 Å². The summed E-state index contributed by atoms with van der Waals surface area (Å²) >= 11 is 0. The van der Waals surface area contributed by atoms with E-state index < -0.39 is 0 Å². The lowest BCUT2D eigenvalue weighted by Crippen LogP contribution is -2.37. The maximum atomic E-state index is 13.3. The Kier molecular flexibility index (Phi) is 4.89. The van der Waals surface area contributed by atoms with Crippen LogP contribution in [0.4, 0.5) is 4.39 Å². The van der Waals surface area contributed by atoms with Gasteiger partial charge >= 0.3 is 0 Å². The molecule has 0 aliphatic carbocycles. The van der Waals surface area contributed by atoms with E-state index in [1.807, 2.05) is 6.07 Å². The number of likely N-dealkylation sites (tertiary alicyclic amines) is 1. The van der Waals surface area contributed by atoms with Crippen LogP contribution in [-0.2, 0) is 6.54 Å². The van der Waals surface area contributed by atoms with Gasteiger partial charge in [0, 0.05) is 19.1 Å². The largest absolute Gasteiger partial charge is 0.311 e. The lowest BCUT2D eigenvalue weighted by atomic mass is 10.1. The third kappa shape index (κ3) is 3.76. The van der Waals surface area contributed by atoms with Gasteiger partial charge < -0.3 is 5.32 Å². The molecule has 0 radical (unpaired) electrons. The average Bonchev–Trinajstić information content (AvgIpc) is 2.85. The van der Waals surface area contributed by atoms with E-state index in [4.69, 9.17) is 5.26 Å². The van der Waals surface area contributed by atoms with Crippen molar-refractivity contribution in [1.29, 1.82) is 5.26 Å². The van der Waals surface area contributed by atoms with Crippen molar-refractivity contribution in [1.82, 2.24) is 10.2 Å². The molecule has 1 saturated heterocycles. The minimum Gasteiger partial charge on any atom is -0.311 e. The average molecular weight is 261 g/mol. The summed E-state index contributed by atoms with van der Waals surface area (Å²) in [5.74, 6) is -0.341. The van der Waals surface area contributed by atoms with Crippen LogP contribution >= 0.6 is 0 Å². The molecule has 0 aromatic heterocycles. The minimum atomic E-state index is -0.341. The molecular formula is C15H20FN3. The summed E-state index contributed by atoms with van der Waals surface area (Å²) in [4.78, 5) is 2.47.